The van der Waals surface area contributed by atoms with E-state index >= 15 is 0 Å². The highest BCUT2D eigenvalue weighted by Crippen LogP contribution is 2.31. The lowest BCUT2D eigenvalue weighted by molar-refractivity contribution is 0.0600. The highest BCUT2D eigenvalue weighted by atomic mass is 35.5. The normalized spacial score (nSPS) is 10.7. The second-order valence-corrected chi connectivity index (χ2v) is 7.64. The summed E-state index contributed by atoms with van der Waals surface area (Å²) < 4.78 is 19.5. The Balaban J connectivity index is 0.00000341. The molecule has 6 nitrogen and oxygen atoms in total. The Bertz CT molecular complexity index is 1040. The van der Waals surface area contributed by atoms with Crippen LogP contribution in [-0.4, -0.2) is 55.0 Å². The van der Waals surface area contributed by atoms with Crippen molar-refractivity contribution in [1.82, 2.24) is 9.88 Å². The SMILES string of the molecule is CCN(CC)CCN(C(=O)c1ccc(C(=O)OC)cc1)c1nc2c(F)cccc2s1.Cl. The van der Waals surface area contributed by atoms with Crippen LogP contribution >= 0.6 is 23.7 Å². The van der Waals surface area contributed by atoms with Gasteiger partial charge < -0.3 is 9.64 Å². The quantitative estimate of drug-likeness (QED) is 0.454. The highest BCUT2D eigenvalue weighted by molar-refractivity contribution is 7.22. The van der Waals surface area contributed by atoms with E-state index in [-0.39, 0.29) is 23.8 Å². The van der Waals surface area contributed by atoms with Crippen molar-refractivity contribution in [2.75, 3.05) is 38.2 Å². The lowest BCUT2D eigenvalue weighted by Gasteiger charge is -2.24. The van der Waals surface area contributed by atoms with Crippen molar-refractivity contribution in [3.8, 4) is 0 Å². The van der Waals surface area contributed by atoms with E-state index in [1.54, 1.807) is 41.3 Å². The molecule has 0 aliphatic carbocycles. The van der Waals surface area contributed by atoms with Crippen LogP contribution in [0.3, 0.4) is 0 Å². The monoisotopic (exact) mass is 465 g/mol. The zero-order chi connectivity index (χ0) is 21.7. The average Bonchev–Trinajstić information content (AvgIpc) is 3.21. The van der Waals surface area contributed by atoms with Crippen LogP contribution in [0.2, 0.25) is 0 Å². The van der Waals surface area contributed by atoms with Crippen LogP contribution in [-0.2, 0) is 4.74 Å². The number of methoxy groups -OCH3 is 1. The van der Waals surface area contributed by atoms with Gasteiger partial charge >= 0.3 is 5.97 Å². The first-order valence-electron chi connectivity index (χ1n) is 9.76. The predicted molar refractivity (Wildman–Crippen MR) is 124 cm³/mol. The number of hydrogen-bond donors (Lipinski definition) is 0. The van der Waals surface area contributed by atoms with Gasteiger partial charge in [0.1, 0.15) is 11.3 Å². The van der Waals surface area contributed by atoms with E-state index in [4.69, 9.17) is 4.74 Å². The van der Waals surface area contributed by atoms with Gasteiger partial charge in [-0.05, 0) is 49.5 Å². The van der Waals surface area contributed by atoms with Crippen molar-refractivity contribution >= 4 is 51.0 Å². The van der Waals surface area contributed by atoms with Gasteiger partial charge in [-0.1, -0.05) is 31.3 Å². The molecule has 9 heteroatoms. The second-order valence-electron chi connectivity index (χ2n) is 6.64. The minimum Gasteiger partial charge on any atom is -0.465 e. The number of likely N-dealkylation sites (N-methyl/N-ethyl adjacent to an activating group) is 1. The number of ether oxygens (including phenoxy) is 1. The summed E-state index contributed by atoms with van der Waals surface area (Å²) in [4.78, 5) is 33.2. The Labute approximate surface area is 191 Å². The van der Waals surface area contributed by atoms with Gasteiger partial charge in [-0.25, -0.2) is 14.2 Å². The van der Waals surface area contributed by atoms with Crippen LogP contribution < -0.4 is 4.90 Å². The minimum absolute atomic E-state index is 0. The number of anilines is 1. The summed E-state index contributed by atoms with van der Waals surface area (Å²) in [5.41, 5.74) is 1.05. The van der Waals surface area contributed by atoms with Crippen molar-refractivity contribution < 1.29 is 18.7 Å². The minimum atomic E-state index is -0.464. The molecule has 0 bridgehead atoms. The number of amides is 1. The number of benzene rings is 2. The Kier molecular flexibility index (Phi) is 8.91. The zero-order valence-electron chi connectivity index (χ0n) is 17.6. The summed E-state index contributed by atoms with van der Waals surface area (Å²) in [6, 6.07) is 11.1. The van der Waals surface area contributed by atoms with Gasteiger partial charge in [0.15, 0.2) is 5.13 Å². The number of aromatic nitrogens is 1. The average molecular weight is 466 g/mol. The lowest BCUT2D eigenvalue weighted by Crippen LogP contribution is -2.38. The Hall–Kier alpha value is -2.55. The predicted octanol–water partition coefficient (Wildman–Crippen LogP) is 4.63. The van der Waals surface area contributed by atoms with Crippen molar-refractivity contribution in [3.05, 3.63) is 59.4 Å². The zero-order valence-corrected chi connectivity index (χ0v) is 19.3. The summed E-state index contributed by atoms with van der Waals surface area (Å²) >= 11 is 1.28. The van der Waals surface area contributed by atoms with Crippen LogP contribution in [0.15, 0.2) is 42.5 Å². The van der Waals surface area contributed by atoms with Gasteiger partial charge in [0.25, 0.3) is 5.91 Å². The topological polar surface area (TPSA) is 62.7 Å². The summed E-state index contributed by atoms with van der Waals surface area (Å²) in [5, 5.41) is 0.448. The first kappa shape index (κ1) is 24.7. The summed E-state index contributed by atoms with van der Waals surface area (Å²) in [7, 11) is 1.31. The molecule has 166 valence electrons. The van der Waals surface area contributed by atoms with Crippen LogP contribution in [0.1, 0.15) is 34.6 Å². The Morgan fingerprint density at radius 2 is 1.68 bits per heavy atom. The molecule has 1 amide bonds. The third-order valence-corrected chi connectivity index (χ3v) is 5.97. The first-order valence-corrected chi connectivity index (χ1v) is 10.6. The van der Waals surface area contributed by atoms with Gasteiger partial charge in [-0.3, -0.25) is 9.69 Å². The van der Waals surface area contributed by atoms with Gasteiger partial charge in [0.2, 0.25) is 0 Å². The van der Waals surface area contributed by atoms with Crippen LogP contribution in [0, 0.1) is 5.82 Å². The number of fused-ring (bicyclic) bond motifs is 1. The molecular weight excluding hydrogens is 441 g/mol. The van der Waals surface area contributed by atoms with Crippen LogP contribution in [0.4, 0.5) is 9.52 Å². The third-order valence-electron chi connectivity index (χ3n) is 4.92. The molecule has 0 saturated heterocycles. The standard InChI is InChI=1S/C22H24FN3O3S.ClH/c1-4-25(5-2)13-14-26(22-24-19-17(23)7-6-8-18(19)30-22)20(27)15-9-11-16(12-10-15)21(28)29-3;/h6-12H,4-5,13-14H2,1-3H3;1H. The molecule has 0 saturated carbocycles. The van der Waals surface area contributed by atoms with Crippen LogP contribution in [0.25, 0.3) is 10.2 Å². The molecule has 0 radical (unpaired) electrons. The number of carbonyl (C=O) groups is 2. The second kappa shape index (κ2) is 11.2. The number of rotatable bonds is 8. The first-order chi connectivity index (χ1) is 14.5. The number of esters is 1. The fourth-order valence-electron chi connectivity index (χ4n) is 3.11. The molecule has 0 aliphatic heterocycles. The molecule has 0 spiro atoms. The van der Waals surface area contributed by atoms with Crippen molar-refractivity contribution in [3.63, 3.8) is 0 Å². The van der Waals surface area contributed by atoms with Gasteiger partial charge in [0.05, 0.1) is 17.4 Å². The maximum absolute atomic E-state index is 14.2. The fraction of sp³-hybridized carbons (Fsp3) is 0.318. The van der Waals surface area contributed by atoms with E-state index in [1.807, 2.05) is 0 Å². The Morgan fingerprint density at radius 1 is 1.03 bits per heavy atom. The van der Waals surface area contributed by atoms with E-state index < -0.39 is 11.8 Å². The number of nitrogens with zero attached hydrogens (tertiary/aromatic N) is 3. The van der Waals surface area contributed by atoms with Crippen molar-refractivity contribution in [2.24, 2.45) is 0 Å². The highest BCUT2D eigenvalue weighted by Gasteiger charge is 2.23. The van der Waals surface area contributed by atoms with Crippen molar-refractivity contribution in [2.45, 2.75) is 13.8 Å². The largest absolute Gasteiger partial charge is 0.465 e. The number of para-hydroxylation sites is 1. The number of thiazole rings is 1. The smallest absolute Gasteiger partial charge is 0.337 e. The van der Waals surface area contributed by atoms with Gasteiger partial charge in [0, 0.05) is 18.7 Å². The molecular formula is C22H25ClFN3O3S. The molecule has 0 atom stereocenters. The molecule has 2 aromatic carbocycles. The van der Waals surface area contributed by atoms with E-state index in [0.717, 1.165) is 13.1 Å². The molecule has 3 rings (SSSR count). The summed E-state index contributed by atoms with van der Waals surface area (Å²) in [5.74, 6) is -1.12. The summed E-state index contributed by atoms with van der Waals surface area (Å²) in [6.07, 6.45) is 0. The number of carbonyl (C=O) groups excluding carboxylic acids is 2. The lowest BCUT2D eigenvalue weighted by atomic mass is 10.1. The molecule has 0 N–H and O–H groups in total. The molecule has 1 heterocycles. The number of halogens is 2. The molecule has 0 fully saturated rings. The third kappa shape index (κ3) is 5.58. The number of hydrogen-bond acceptors (Lipinski definition) is 6. The molecule has 1 aromatic heterocycles. The van der Waals surface area contributed by atoms with Gasteiger partial charge in [-0.15, -0.1) is 12.4 Å². The molecule has 31 heavy (non-hydrogen) atoms. The van der Waals surface area contributed by atoms with E-state index in [9.17, 15) is 14.0 Å². The Morgan fingerprint density at radius 3 is 2.26 bits per heavy atom. The van der Waals surface area contributed by atoms with E-state index in [0.29, 0.717) is 34.0 Å². The molecule has 0 aliphatic rings. The van der Waals surface area contributed by atoms with Crippen LogP contribution in [0.5, 0.6) is 0 Å². The van der Waals surface area contributed by atoms with Crippen molar-refractivity contribution in [1.29, 1.82) is 0 Å². The van der Waals surface area contributed by atoms with Gasteiger partial charge in [-0.2, -0.15) is 0 Å². The fourth-order valence-corrected chi connectivity index (χ4v) is 4.11. The van der Waals surface area contributed by atoms with E-state index in [2.05, 4.69) is 23.7 Å². The van der Waals surface area contributed by atoms with E-state index in [1.165, 1.54) is 24.5 Å². The molecule has 3 aromatic rings. The maximum Gasteiger partial charge on any atom is 0.337 e. The summed E-state index contributed by atoms with van der Waals surface area (Å²) in [6.45, 7) is 6.93. The molecule has 0 unspecified atom stereocenters. The maximum atomic E-state index is 14.2.